The van der Waals surface area contributed by atoms with E-state index in [4.69, 9.17) is 5.73 Å². The number of nitrogens with one attached hydrogen (secondary N) is 1. The zero-order chi connectivity index (χ0) is 11.5. The van der Waals surface area contributed by atoms with E-state index >= 15 is 0 Å². The first-order chi connectivity index (χ1) is 7.01. The summed E-state index contributed by atoms with van der Waals surface area (Å²) in [7, 11) is 1.87. The quantitative estimate of drug-likeness (QED) is 0.798. The van der Waals surface area contributed by atoms with Crippen molar-refractivity contribution < 1.29 is 4.39 Å². The minimum absolute atomic E-state index is 0.0678. The molecule has 0 aliphatic heterocycles. The summed E-state index contributed by atoms with van der Waals surface area (Å²) in [6.07, 6.45) is 0. The highest BCUT2D eigenvalue weighted by atomic mass is 19.1. The number of rotatable bonds is 4. The number of halogens is 1. The number of benzene rings is 1. The van der Waals surface area contributed by atoms with Crippen LogP contribution in [-0.4, -0.2) is 13.6 Å². The van der Waals surface area contributed by atoms with Crippen LogP contribution in [0.2, 0.25) is 0 Å². The van der Waals surface area contributed by atoms with Crippen LogP contribution in [0.5, 0.6) is 0 Å². The van der Waals surface area contributed by atoms with Gasteiger partial charge in [-0.2, -0.15) is 0 Å². The zero-order valence-electron chi connectivity index (χ0n) is 9.55. The van der Waals surface area contributed by atoms with Gasteiger partial charge in [-0.05, 0) is 36.7 Å². The lowest BCUT2D eigenvalue weighted by molar-refractivity contribution is 0.265. The van der Waals surface area contributed by atoms with Gasteiger partial charge in [-0.1, -0.05) is 26.0 Å². The largest absolute Gasteiger partial charge is 0.330 e. The smallest absolute Gasteiger partial charge is 0.123 e. The van der Waals surface area contributed by atoms with Gasteiger partial charge in [0, 0.05) is 6.04 Å². The summed E-state index contributed by atoms with van der Waals surface area (Å²) in [5.74, 6) is -0.208. The molecular formula is C12H19FN2. The molecule has 1 rings (SSSR count). The molecule has 0 bridgehead atoms. The van der Waals surface area contributed by atoms with Crippen LogP contribution in [0.15, 0.2) is 24.3 Å². The van der Waals surface area contributed by atoms with E-state index in [1.54, 1.807) is 12.1 Å². The van der Waals surface area contributed by atoms with Gasteiger partial charge in [0.2, 0.25) is 0 Å². The van der Waals surface area contributed by atoms with E-state index in [0.717, 1.165) is 5.56 Å². The van der Waals surface area contributed by atoms with Crippen LogP contribution < -0.4 is 11.1 Å². The highest BCUT2D eigenvalue weighted by molar-refractivity contribution is 5.22. The maximum Gasteiger partial charge on any atom is 0.123 e. The first kappa shape index (κ1) is 12.1. The molecule has 1 aromatic rings. The van der Waals surface area contributed by atoms with Crippen molar-refractivity contribution in [2.45, 2.75) is 19.9 Å². The summed E-state index contributed by atoms with van der Waals surface area (Å²) < 4.78 is 13.1. The third kappa shape index (κ3) is 2.76. The molecule has 0 saturated heterocycles. The van der Waals surface area contributed by atoms with Crippen molar-refractivity contribution in [3.8, 4) is 0 Å². The third-order valence-corrected chi connectivity index (χ3v) is 2.78. The fourth-order valence-corrected chi connectivity index (χ4v) is 1.81. The molecule has 0 heterocycles. The maximum atomic E-state index is 13.1. The van der Waals surface area contributed by atoms with Crippen LogP contribution in [0.25, 0.3) is 0 Å². The Morgan fingerprint density at radius 1 is 1.47 bits per heavy atom. The van der Waals surface area contributed by atoms with E-state index < -0.39 is 0 Å². The van der Waals surface area contributed by atoms with E-state index in [0.29, 0.717) is 6.54 Å². The van der Waals surface area contributed by atoms with Crippen LogP contribution in [0.4, 0.5) is 4.39 Å². The minimum atomic E-state index is -0.208. The predicted molar refractivity (Wildman–Crippen MR) is 61.0 cm³/mol. The van der Waals surface area contributed by atoms with Crippen molar-refractivity contribution in [2.24, 2.45) is 11.1 Å². The Bertz CT molecular complexity index is 323. The van der Waals surface area contributed by atoms with Gasteiger partial charge < -0.3 is 11.1 Å². The van der Waals surface area contributed by atoms with E-state index in [9.17, 15) is 4.39 Å². The van der Waals surface area contributed by atoms with Gasteiger partial charge in [-0.15, -0.1) is 0 Å². The van der Waals surface area contributed by atoms with Crippen molar-refractivity contribution in [3.63, 3.8) is 0 Å². The molecule has 0 fully saturated rings. The molecule has 0 aromatic heterocycles. The second-order valence-corrected chi connectivity index (χ2v) is 4.47. The molecule has 3 N–H and O–H groups in total. The van der Waals surface area contributed by atoms with Crippen LogP contribution in [0.3, 0.4) is 0 Å². The predicted octanol–water partition coefficient (Wildman–Crippen LogP) is 2.07. The van der Waals surface area contributed by atoms with E-state index in [1.807, 2.05) is 13.1 Å². The molecule has 1 atom stereocenters. The number of hydrogen-bond acceptors (Lipinski definition) is 2. The topological polar surface area (TPSA) is 38.0 Å². The first-order valence-electron chi connectivity index (χ1n) is 5.14. The Morgan fingerprint density at radius 3 is 2.60 bits per heavy atom. The molecule has 0 aliphatic rings. The van der Waals surface area contributed by atoms with Crippen molar-refractivity contribution in [1.82, 2.24) is 5.32 Å². The summed E-state index contributed by atoms with van der Waals surface area (Å²) in [4.78, 5) is 0. The van der Waals surface area contributed by atoms with Crippen molar-refractivity contribution in [3.05, 3.63) is 35.6 Å². The standard InChI is InChI=1S/C12H19FN2/c1-12(2,8-14)11(15-3)9-5-4-6-10(13)7-9/h4-7,11,15H,8,14H2,1-3H3. The summed E-state index contributed by atoms with van der Waals surface area (Å²) in [6, 6.07) is 6.71. The minimum Gasteiger partial charge on any atom is -0.330 e. The molecule has 0 spiro atoms. The Hall–Kier alpha value is -0.930. The van der Waals surface area contributed by atoms with Gasteiger partial charge in [-0.25, -0.2) is 4.39 Å². The molecule has 1 aromatic carbocycles. The summed E-state index contributed by atoms with van der Waals surface area (Å²) in [5, 5.41) is 3.19. The highest BCUT2D eigenvalue weighted by Gasteiger charge is 2.28. The molecule has 2 nitrogen and oxygen atoms in total. The van der Waals surface area contributed by atoms with Gasteiger partial charge in [-0.3, -0.25) is 0 Å². The molecule has 0 radical (unpaired) electrons. The second-order valence-electron chi connectivity index (χ2n) is 4.47. The number of nitrogens with two attached hydrogens (primary N) is 1. The average molecular weight is 210 g/mol. The van der Waals surface area contributed by atoms with Crippen LogP contribution in [0.1, 0.15) is 25.5 Å². The van der Waals surface area contributed by atoms with Crippen LogP contribution >= 0.6 is 0 Å². The maximum absolute atomic E-state index is 13.1. The Balaban J connectivity index is 3.02. The molecule has 84 valence electrons. The fourth-order valence-electron chi connectivity index (χ4n) is 1.81. The lowest BCUT2D eigenvalue weighted by Crippen LogP contribution is -2.37. The molecule has 1 unspecified atom stereocenters. The molecule has 3 heteroatoms. The second kappa shape index (κ2) is 4.73. The summed E-state index contributed by atoms with van der Waals surface area (Å²) in [5.41, 5.74) is 6.57. The normalized spacial score (nSPS) is 13.9. The Morgan fingerprint density at radius 2 is 2.13 bits per heavy atom. The average Bonchev–Trinajstić information content (AvgIpc) is 2.18. The molecule has 0 amide bonds. The summed E-state index contributed by atoms with van der Waals surface area (Å²) in [6.45, 7) is 4.69. The fraction of sp³-hybridized carbons (Fsp3) is 0.500. The van der Waals surface area contributed by atoms with Crippen molar-refractivity contribution in [1.29, 1.82) is 0 Å². The van der Waals surface area contributed by atoms with Crippen molar-refractivity contribution >= 4 is 0 Å². The monoisotopic (exact) mass is 210 g/mol. The number of hydrogen-bond donors (Lipinski definition) is 2. The Labute approximate surface area is 90.7 Å². The van der Waals surface area contributed by atoms with Gasteiger partial charge in [0.1, 0.15) is 5.82 Å². The SMILES string of the molecule is CNC(c1cccc(F)c1)C(C)(C)CN. The first-order valence-corrected chi connectivity index (χ1v) is 5.14. The van der Waals surface area contributed by atoms with Crippen LogP contribution in [-0.2, 0) is 0 Å². The zero-order valence-corrected chi connectivity index (χ0v) is 9.55. The van der Waals surface area contributed by atoms with Crippen molar-refractivity contribution in [2.75, 3.05) is 13.6 Å². The Kier molecular flexibility index (Phi) is 3.83. The van der Waals surface area contributed by atoms with E-state index in [-0.39, 0.29) is 17.3 Å². The summed E-state index contributed by atoms with van der Waals surface area (Å²) >= 11 is 0. The van der Waals surface area contributed by atoms with Gasteiger partial charge in [0.15, 0.2) is 0 Å². The van der Waals surface area contributed by atoms with Gasteiger partial charge >= 0.3 is 0 Å². The van der Waals surface area contributed by atoms with Crippen LogP contribution in [0, 0.1) is 11.2 Å². The van der Waals surface area contributed by atoms with E-state index in [1.165, 1.54) is 6.07 Å². The highest BCUT2D eigenvalue weighted by Crippen LogP contribution is 2.32. The van der Waals surface area contributed by atoms with E-state index in [2.05, 4.69) is 19.2 Å². The molecule has 0 aliphatic carbocycles. The molecule has 0 saturated carbocycles. The van der Waals surface area contributed by atoms with Gasteiger partial charge in [0.25, 0.3) is 0 Å². The lowest BCUT2D eigenvalue weighted by Gasteiger charge is -2.33. The third-order valence-electron chi connectivity index (χ3n) is 2.78. The molecule has 15 heavy (non-hydrogen) atoms. The molecular weight excluding hydrogens is 191 g/mol. The lowest BCUT2D eigenvalue weighted by atomic mass is 9.80. The van der Waals surface area contributed by atoms with Gasteiger partial charge in [0.05, 0.1) is 0 Å².